The Morgan fingerprint density at radius 3 is 2.81 bits per heavy atom. The third-order valence-corrected chi connectivity index (χ3v) is 7.68. The number of hydrogen-bond donors (Lipinski definition) is 0. The molecular weight excluding hydrogens is 348 g/mol. The van der Waals surface area contributed by atoms with E-state index in [1.165, 1.54) is 0 Å². The van der Waals surface area contributed by atoms with Crippen molar-refractivity contribution in [1.82, 2.24) is 9.88 Å². The first-order valence-electron chi connectivity index (χ1n) is 8.65. The molecule has 2 atom stereocenters. The van der Waals surface area contributed by atoms with Crippen molar-refractivity contribution >= 4 is 9.84 Å². The summed E-state index contributed by atoms with van der Waals surface area (Å²) in [6, 6.07) is 13.4. The number of fused-ring (bicyclic) bond motifs is 3. The van der Waals surface area contributed by atoms with Gasteiger partial charge in [-0.25, -0.2) is 8.42 Å². The van der Waals surface area contributed by atoms with Gasteiger partial charge in [-0.1, -0.05) is 12.1 Å². The number of aromatic nitrogens is 1. The van der Waals surface area contributed by atoms with E-state index >= 15 is 0 Å². The quantitative estimate of drug-likeness (QED) is 0.713. The van der Waals surface area contributed by atoms with Crippen LogP contribution >= 0.6 is 0 Å². The molecule has 1 saturated heterocycles. The molecule has 2 aliphatic heterocycles. The zero-order valence-electron chi connectivity index (χ0n) is 14.1. The number of furan rings is 1. The molecule has 2 aromatic heterocycles. The second kappa shape index (κ2) is 5.79. The predicted molar refractivity (Wildman–Crippen MR) is 97.4 cm³/mol. The van der Waals surface area contributed by atoms with Crippen molar-refractivity contribution in [3.05, 3.63) is 72.4 Å². The molecular formula is C20H18N2O3S. The zero-order chi connectivity index (χ0) is 17.7. The van der Waals surface area contributed by atoms with E-state index in [0.717, 1.165) is 28.9 Å². The largest absolute Gasteiger partial charge is 0.472 e. The third-order valence-electron chi connectivity index (χ3n) is 5.42. The lowest BCUT2D eigenvalue weighted by Crippen LogP contribution is -2.26. The fourth-order valence-electron chi connectivity index (χ4n) is 4.18. The number of likely N-dealkylation sites (tertiary alicyclic amines) is 1. The van der Waals surface area contributed by atoms with E-state index in [1.807, 2.05) is 36.4 Å². The van der Waals surface area contributed by atoms with Crippen molar-refractivity contribution in [3.63, 3.8) is 0 Å². The fraction of sp³-hybridized carbons (Fsp3) is 0.250. The van der Waals surface area contributed by atoms with Gasteiger partial charge in [0.05, 0.1) is 28.4 Å². The SMILES string of the molecule is O=S1(=O)c2ccc(-c3ccoc3)cc2[C@@H]2CN(Cc3ccccn3)C[C@@H]21. The van der Waals surface area contributed by atoms with Crippen LogP contribution in [0.2, 0.25) is 0 Å². The van der Waals surface area contributed by atoms with Gasteiger partial charge in [-0.2, -0.15) is 0 Å². The summed E-state index contributed by atoms with van der Waals surface area (Å²) in [6.07, 6.45) is 5.09. The topological polar surface area (TPSA) is 63.4 Å². The van der Waals surface area contributed by atoms with E-state index in [0.29, 0.717) is 18.0 Å². The molecule has 132 valence electrons. The molecule has 4 heterocycles. The number of rotatable bonds is 3. The summed E-state index contributed by atoms with van der Waals surface area (Å²) in [5.74, 6) is 0.0190. The van der Waals surface area contributed by atoms with Crippen LogP contribution in [-0.2, 0) is 16.4 Å². The van der Waals surface area contributed by atoms with Crippen LogP contribution in [-0.4, -0.2) is 36.6 Å². The van der Waals surface area contributed by atoms with Crippen molar-refractivity contribution < 1.29 is 12.8 Å². The molecule has 0 saturated carbocycles. The molecule has 0 spiro atoms. The van der Waals surface area contributed by atoms with Crippen molar-refractivity contribution in [2.75, 3.05) is 13.1 Å². The van der Waals surface area contributed by atoms with E-state index in [9.17, 15) is 8.42 Å². The first-order valence-corrected chi connectivity index (χ1v) is 10.2. The maximum Gasteiger partial charge on any atom is 0.183 e. The van der Waals surface area contributed by atoms with E-state index in [1.54, 1.807) is 24.8 Å². The predicted octanol–water partition coefficient (Wildman–Crippen LogP) is 3.10. The molecule has 0 aliphatic carbocycles. The van der Waals surface area contributed by atoms with Crippen LogP contribution in [0.5, 0.6) is 0 Å². The van der Waals surface area contributed by atoms with Crippen LogP contribution in [0.25, 0.3) is 11.1 Å². The highest BCUT2D eigenvalue weighted by atomic mass is 32.2. The highest BCUT2D eigenvalue weighted by Gasteiger charge is 2.50. The molecule has 0 bridgehead atoms. The number of hydrogen-bond acceptors (Lipinski definition) is 5. The summed E-state index contributed by atoms with van der Waals surface area (Å²) in [7, 11) is -3.28. The van der Waals surface area contributed by atoms with Gasteiger partial charge >= 0.3 is 0 Å². The molecule has 0 unspecified atom stereocenters. The van der Waals surface area contributed by atoms with Gasteiger partial charge in [0.15, 0.2) is 9.84 Å². The molecule has 0 radical (unpaired) electrons. The van der Waals surface area contributed by atoms with Gasteiger partial charge in [0.1, 0.15) is 0 Å². The molecule has 26 heavy (non-hydrogen) atoms. The first kappa shape index (κ1) is 15.8. The van der Waals surface area contributed by atoms with E-state index in [2.05, 4.69) is 9.88 Å². The summed E-state index contributed by atoms with van der Waals surface area (Å²) in [5, 5.41) is -0.360. The standard InChI is InChI=1S/C20H18N2O3S/c23-26(24)19-5-4-14(15-6-8-25-13-15)9-17(19)18-11-22(12-20(18)26)10-16-3-1-2-7-21-16/h1-9,13,18,20H,10-12H2/t18-,20-/m0/s1. The second-order valence-corrected chi connectivity index (χ2v) is 9.11. The second-order valence-electron chi connectivity index (χ2n) is 6.97. The summed E-state index contributed by atoms with van der Waals surface area (Å²) >= 11 is 0. The van der Waals surface area contributed by atoms with Crippen LogP contribution in [0.15, 0.2) is 70.5 Å². The molecule has 5 rings (SSSR count). The van der Waals surface area contributed by atoms with E-state index < -0.39 is 9.84 Å². The Bertz CT molecular complexity index is 1050. The number of pyridine rings is 1. The van der Waals surface area contributed by atoms with Crippen LogP contribution in [0.4, 0.5) is 0 Å². The van der Waals surface area contributed by atoms with Gasteiger partial charge in [-0.15, -0.1) is 0 Å². The van der Waals surface area contributed by atoms with Crippen LogP contribution in [0.1, 0.15) is 17.2 Å². The van der Waals surface area contributed by atoms with E-state index in [4.69, 9.17) is 4.42 Å². The smallest absolute Gasteiger partial charge is 0.183 e. The summed E-state index contributed by atoms with van der Waals surface area (Å²) in [6.45, 7) is 1.97. The summed E-state index contributed by atoms with van der Waals surface area (Å²) in [4.78, 5) is 7.06. The summed E-state index contributed by atoms with van der Waals surface area (Å²) in [5.41, 5.74) is 3.88. The van der Waals surface area contributed by atoms with Gasteiger partial charge in [-0.05, 0) is 41.5 Å². The van der Waals surface area contributed by atoms with Crippen molar-refractivity contribution in [1.29, 1.82) is 0 Å². The summed E-state index contributed by atoms with van der Waals surface area (Å²) < 4.78 is 31.2. The lowest BCUT2D eigenvalue weighted by Gasteiger charge is -2.16. The lowest BCUT2D eigenvalue weighted by atomic mass is 9.95. The Morgan fingerprint density at radius 1 is 1.12 bits per heavy atom. The third kappa shape index (κ3) is 2.40. The van der Waals surface area contributed by atoms with Crippen LogP contribution in [0, 0.1) is 0 Å². The van der Waals surface area contributed by atoms with Crippen LogP contribution < -0.4 is 0 Å². The number of benzene rings is 1. The Labute approximate surface area is 152 Å². The maximum absolute atomic E-state index is 13.0. The molecule has 6 heteroatoms. The lowest BCUT2D eigenvalue weighted by molar-refractivity contribution is 0.321. The van der Waals surface area contributed by atoms with Gasteiger partial charge in [0.25, 0.3) is 0 Å². The molecule has 0 amide bonds. The van der Waals surface area contributed by atoms with Gasteiger partial charge < -0.3 is 4.42 Å². The molecule has 1 aromatic carbocycles. The zero-order valence-corrected chi connectivity index (χ0v) is 14.9. The van der Waals surface area contributed by atoms with E-state index in [-0.39, 0.29) is 11.2 Å². The van der Waals surface area contributed by atoms with Crippen molar-refractivity contribution in [2.24, 2.45) is 0 Å². The number of nitrogens with zero attached hydrogens (tertiary/aromatic N) is 2. The Morgan fingerprint density at radius 2 is 2.04 bits per heavy atom. The normalized spacial score (nSPS) is 23.7. The van der Waals surface area contributed by atoms with Crippen molar-refractivity contribution in [2.45, 2.75) is 22.6 Å². The molecule has 5 nitrogen and oxygen atoms in total. The monoisotopic (exact) mass is 366 g/mol. The van der Waals surface area contributed by atoms with Crippen LogP contribution in [0.3, 0.4) is 0 Å². The number of sulfone groups is 1. The average molecular weight is 366 g/mol. The Kier molecular flexibility index (Phi) is 3.52. The van der Waals surface area contributed by atoms with Gasteiger partial charge in [0, 0.05) is 37.3 Å². The molecule has 3 aromatic rings. The Balaban J connectivity index is 1.49. The highest BCUT2D eigenvalue weighted by Crippen LogP contribution is 2.46. The van der Waals surface area contributed by atoms with Gasteiger partial charge in [0.2, 0.25) is 0 Å². The minimum Gasteiger partial charge on any atom is -0.472 e. The van der Waals surface area contributed by atoms with Gasteiger partial charge in [-0.3, -0.25) is 9.88 Å². The molecule has 2 aliphatic rings. The highest BCUT2D eigenvalue weighted by molar-refractivity contribution is 7.92. The molecule has 0 N–H and O–H groups in total. The minimum absolute atomic E-state index is 0.0190. The van der Waals surface area contributed by atoms with Crippen molar-refractivity contribution in [3.8, 4) is 11.1 Å². The Hall–Kier alpha value is -2.44. The first-order chi connectivity index (χ1) is 12.6. The minimum atomic E-state index is -3.28. The fourth-order valence-corrected chi connectivity index (χ4v) is 6.38. The average Bonchev–Trinajstić information content (AvgIpc) is 3.35. The molecule has 1 fully saturated rings. The maximum atomic E-state index is 13.0.